The highest BCUT2D eigenvalue weighted by Crippen LogP contribution is 2.20. The van der Waals surface area contributed by atoms with Gasteiger partial charge in [0, 0.05) is 50.3 Å². The molecule has 1 fully saturated rings. The van der Waals surface area contributed by atoms with Crippen molar-refractivity contribution < 1.29 is 4.39 Å². The number of rotatable bonds is 6. The first-order valence-electron chi connectivity index (χ1n) is 9.47. The van der Waals surface area contributed by atoms with Gasteiger partial charge in [-0.1, -0.05) is 6.07 Å². The van der Waals surface area contributed by atoms with E-state index in [9.17, 15) is 4.39 Å². The van der Waals surface area contributed by atoms with E-state index >= 15 is 0 Å². The molecule has 152 valence electrons. The topological polar surface area (TPSA) is 65.4 Å². The van der Waals surface area contributed by atoms with Gasteiger partial charge < -0.3 is 15.5 Å². The molecule has 8 heteroatoms. The summed E-state index contributed by atoms with van der Waals surface area (Å²) in [4.78, 5) is 15.1. The Morgan fingerprint density at radius 1 is 1.32 bits per heavy atom. The lowest BCUT2D eigenvalue weighted by Gasteiger charge is -2.20. The molecule has 0 amide bonds. The number of pyridine rings is 2. The van der Waals surface area contributed by atoms with Crippen molar-refractivity contribution in [1.82, 2.24) is 20.6 Å². The average Bonchev–Trinajstić information content (AvgIpc) is 3.12. The minimum Gasteiger partial charge on any atom is -0.357 e. The quantitative estimate of drug-likeness (QED) is 0.365. The van der Waals surface area contributed by atoms with Gasteiger partial charge in [-0.25, -0.2) is 9.37 Å². The number of aryl methyl sites for hydroxylation is 1. The van der Waals surface area contributed by atoms with Crippen molar-refractivity contribution in [2.24, 2.45) is 4.99 Å². The summed E-state index contributed by atoms with van der Waals surface area (Å²) < 4.78 is 13.9. The summed E-state index contributed by atoms with van der Waals surface area (Å²) in [5, 5.41) is 6.75. The van der Waals surface area contributed by atoms with E-state index in [4.69, 9.17) is 0 Å². The molecule has 0 bridgehead atoms. The number of guanidine groups is 1. The zero-order valence-electron chi connectivity index (χ0n) is 16.4. The third-order valence-electron chi connectivity index (χ3n) is 4.55. The largest absolute Gasteiger partial charge is 0.357 e. The first-order valence-corrected chi connectivity index (χ1v) is 9.47. The van der Waals surface area contributed by atoms with Gasteiger partial charge in [0.1, 0.15) is 0 Å². The molecule has 0 aromatic carbocycles. The highest BCUT2D eigenvalue weighted by Gasteiger charge is 2.25. The minimum atomic E-state index is -0.273. The summed E-state index contributed by atoms with van der Waals surface area (Å²) in [5.74, 6) is 0.951. The minimum absolute atomic E-state index is 0. The second-order valence-corrected chi connectivity index (χ2v) is 6.70. The monoisotopic (exact) mass is 498 g/mol. The number of anilines is 1. The first-order chi connectivity index (χ1) is 13.2. The van der Waals surface area contributed by atoms with Crippen LogP contribution in [0.1, 0.15) is 24.6 Å². The van der Waals surface area contributed by atoms with Crippen molar-refractivity contribution >= 4 is 35.8 Å². The van der Waals surface area contributed by atoms with Gasteiger partial charge in [0.2, 0.25) is 0 Å². The third kappa shape index (κ3) is 6.29. The van der Waals surface area contributed by atoms with Crippen LogP contribution >= 0.6 is 24.0 Å². The van der Waals surface area contributed by atoms with Gasteiger partial charge in [0.05, 0.1) is 0 Å². The summed E-state index contributed by atoms with van der Waals surface area (Å²) in [6.07, 6.45) is 5.30. The number of nitrogens with one attached hydrogen (secondary N) is 2. The van der Waals surface area contributed by atoms with E-state index in [1.807, 2.05) is 31.0 Å². The lowest BCUT2D eigenvalue weighted by molar-refractivity contribution is 0.612. The van der Waals surface area contributed by atoms with Crippen LogP contribution in [0.25, 0.3) is 0 Å². The fourth-order valence-electron chi connectivity index (χ4n) is 3.14. The Bertz CT molecular complexity index is 768. The van der Waals surface area contributed by atoms with Crippen molar-refractivity contribution in [3.8, 4) is 0 Å². The Labute approximate surface area is 183 Å². The molecular formula is C20H28FIN6. The summed E-state index contributed by atoms with van der Waals surface area (Å²) in [6.45, 7) is 7.00. The van der Waals surface area contributed by atoms with Crippen molar-refractivity contribution in [3.05, 3.63) is 53.7 Å². The van der Waals surface area contributed by atoms with Crippen molar-refractivity contribution in [2.45, 2.75) is 32.7 Å². The van der Waals surface area contributed by atoms with Crippen LogP contribution in [0.4, 0.5) is 10.2 Å². The van der Waals surface area contributed by atoms with Gasteiger partial charge in [-0.05, 0) is 50.5 Å². The normalized spacial score (nSPS) is 16.6. The molecule has 1 aliphatic heterocycles. The molecule has 0 spiro atoms. The Balaban J connectivity index is 0.00000280. The van der Waals surface area contributed by atoms with Crippen LogP contribution in [-0.4, -0.2) is 48.1 Å². The van der Waals surface area contributed by atoms with Gasteiger partial charge in [-0.15, -0.1) is 24.0 Å². The fourth-order valence-corrected chi connectivity index (χ4v) is 3.14. The van der Waals surface area contributed by atoms with Gasteiger partial charge in [-0.2, -0.15) is 0 Å². The maximum atomic E-state index is 13.9. The van der Waals surface area contributed by atoms with Crippen LogP contribution in [-0.2, 0) is 6.42 Å². The summed E-state index contributed by atoms with van der Waals surface area (Å²) in [6, 6.07) is 7.39. The van der Waals surface area contributed by atoms with Gasteiger partial charge in [-0.3, -0.25) is 9.98 Å². The highest BCUT2D eigenvalue weighted by molar-refractivity contribution is 14.0. The van der Waals surface area contributed by atoms with E-state index < -0.39 is 0 Å². The molecule has 3 rings (SSSR count). The molecule has 6 nitrogen and oxygen atoms in total. The molecule has 1 saturated heterocycles. The third-order valence-corrected chi connectivity index (χ3v) is 4.55. The van der Waals surface area contributed by atoms with E-state index in [0.29, 0.717) is 18.9 Å². The highest BCUT2D eigenvalue weighted by atomic mass is 127. The predicted molar refractivity (Wildman–Crippen MR) is 122 cm³/mol. The van der Waals surface area contributed by atoms with E-state index in [1.165, 1.54) is 11.6 Å². The number of hydrogen-bond donors (Lipinski definition) is 2. The molecule has 0 aliphatic carbocycles. The van der Waals surface area contributed by atoms with E-state index in [1.54, 1.807) is 12.3 Å². The molecule has 2 aromatic rings. The Hall–Kier alpha value is -1.97. The van der Waals surface area contributed by atoms with Crippen LogP contribution in [0.5, 0.6) is 0 Å². The Morgan fingerprint density at radius 2 is 2.18 bits per heavy atom. The van der Waals surface area contributed by atoms with Crippen molar-refractivity contribution in [3.63, 3.8) is 0 Å². The molecule has 0 radical (unpaired) electrons. The van der Waals surface area contributed by atoms with Crippen LogP contribution in [0.2, 0.25) is 0 Å². The first kappa shape index (κ1) is 22.3. The second-order valence-electron chi connectivity index (χ2n) is 6.70. The van der Waals surface area contributed by atoms with Crippen LogP contribution in [0.15, 0.2) is 41.7 Å². The Morgan fingerprint density at radius 3 is 2.89 bits per heavy atom. The lowest BCUT2D eigenvalue weighted by atomic mass is 10.2. The molecule has 28 heavy (non-hydrogen) atoms. The molecule has 0 saturated carbocycles. The van der Waals surface area contributed by atoms with Crippen LogP contribution in [0.3, 0.4) is 0 Å². The summed E-state index contributed by atoms with van der Waals surface area (Å²) >= 11 is 0. The molecular weight excluding hydrogens is 470 g/mol. The van der Waals surface area contributed by atoms with Gasteiger partial charge >= 0.3 is 0 Å². The SMILES string of the molecule is CCNC(=NCCc1ccc(C)nc1)NC1CCN(c2ncccc2F)C1.I. The maximum absolute atomic E-state index is 13.9. The molecule has 3 heterocycles. The van der Waals surface area contributed by atoms with Crippen LogP contribution in [0, 0.1) is 12.7 Å². The second kappa shape index (κ2) is 11.1. The number of aliphatic imine (C=N–C) groups is 1. The molecule has 1 aliphatic rings. The standard InChI is InChI=1S/C20H27FN6.HI/c1-3-22-20(24-11-8-16-7-6-15(2)25-13-16)26-17-9-12-27(14-17)19-18(21)5-4-10-23-19;/h4-7,10,13,17H,3,8-9,11-12,14H2,1-2H3,(H2,22,24,26);1H. The smallest absolute Gasteiger partial charge is 0.191 e. The molecule has 1 unspecified atom stereocenters. The zero-order chi connectivity index (χ0) is 19.1. The zero-order valence-corrected chi connectivity index (χ0v) is 18.7. The lowest BCUT2D eigenvalue weighted by Crippen LogP contribution is -2.44. The van der Waals surface area contributed by atoms with Crippen LogP contribution < -0.4 is 15.5 Å². The predicted octanol–water partition coefficient (Wildman–Crippen LogP) is 2.92. The van der Waals surface area contributed by atoms with E-state index in [-0.39, 0.29) is 35.8 Å². The van der Waals surface area contributed by atoms with Gasteiger partial charge in [0.15, 0.2) is 17.6 Å². The fraction of sp³-hybridized carbons (Fsp3) is 0.450. The van der Waals surface area contributed by atoms with E-state index in [0.717, 1.165) is 37.6 Å². The molecule has 2 N–H and O–H groups in total. The van der Waals surface area contributed by atoms with Crippen molar-refractivity contribution in [2.75, 3.05) is 31.1 Å². The molecule has 2 aromatic heterocycles. The van der Waals surface area contributed by atoms with E-state index in [2.05, 4.69) is 31.7 Å². The number of halogens is 2. The summed E-state index contributed by atoms with van der Waals surface area (Å²) in [7, 11) is 0. The summed E-state index contributed by atoms with van der Waals surface area (Å²) in [5.41, 5.74) is 2.20. The number of aromatic nitrogens is 2. The van der Waals surface area contributed by atoms with Gasteiger partial charge in [0.25, 0.3) is 0 Å². The van der Waals surface area contributed by atoms with Crippen molar-refractivity contribution in [1.29, 1.82) is 0 Å². The molecule has 1 atom stereocenters. The average molecular weight is 498 g/mol. The number of hydrogen-bond acceptors (Lipinski definition) is 4. The Kier molecular flexibility index (Phi) is 8.88. The maximum Gasteiger partial charge on any atom is 0.191 e. The number of nitrogens with zero attached hydrogens (tertiary/aromatic N) is 4.